The summed E-state index contributed by atoms with van der Waals surface area (Å²) in [6.45, 7) is 6.92. The highest BCUT2D eigenvalue weighted by molar-refractivity contribution is 5.85. The SMILES string of the molecule is CC.CN1CCC2(CCNC2=O)C1. The summed E-state index contributed by atoms with van der Waals surface area (Å²) in [5.74, 6) is 0.279. The smallest absolute Gasteiger partial charge is 0.227 e. The van der Waals surface area contributed by atoms with Gasteiger partial charge >= 0.3 is 0 Å². The number of hydrogen-bond donors (Lipinski definition) is 1. The molecule has 2 fully saturated rings. The second kappa shape index (κ2) is 4.09. The van der Waals surface area contributed by atoms with Crippen LogP contribution >= 0.6 is 0 Å². The van der Waals surface area contributed by atoms with Gasteiger partial charge in [-0.3, -0.25) is 4.79 Å². The van der Waals surface area contributed by atoms with E-state index in [1.165, 1.54) is 0 Å². The maximum absolute atomic E-state index is 11.4. The molecule has 1 spiro atoms. The van der Waals surface area contributed by atoms with Crippen LogP contribution in [0, 0.1) is 5.41 Å². The summed E-state index contributed by atoms with van der Waals surface area (Å²) in [6.07, 6.45) is 2.09. The topological polar surface area (TPSA) is 32.3 Å². The Kier molecular flexibility index (Phi) is 3.31. The molecule has 2 rings (SSSR count). The quantitative estimate of drug-likeness (QED) is 0.605. The van der Waals surface area contributed by atoms with Gasteiger partial charge in [-0.15, -0.1) is 0 Å². The van der Waals surface area contributed by atoms with E-state index < -0.39 is 0 Å². The summed E-state index contributed by atoms with van der Waals surface area (Å²) in [5.41, 5.74) is -0.00521. The fourth-order valence-electron chi connectivity index (χ4n) is 2.19. The van der Waals surface area contributed by atoms with E-state index in [1.54, 1.807) is 0 Å². The molecule has 1 N–H and O–H groups in total. The van der Waals surface area contributed by atoms with Crippen molar-refractivity contribution in [1.29, 1.82) is 0 Å². The van der Waals surface area contributed by atoms with Gasteiger partial charge in [-0.2, -0.15) is 0 Å². The third-order valence-electron chi connectivity index (χ3n) is 2.92. The highest BCUT2D eigenvalue weighted by Gasteiger charge is 2.46. The Morgan fingerprint density at radius 3 is 2.46 bits per heavy atom. The van der Waals surface area contributed by atoms with Crippen LogP contribution < -0.4 is 5.32 Å². The Labute approximate surface area is 80.5 Å². The van der Waals surface area contributed by atoms with Crippen molar-refractivity contribution in [3.63, 3.8) is 0 Å². The van der Waals surface area contributed by atoms with Gasteiger partial charge in [0.1, 0.15) is 0 Å². The maximum Gasteiger partial charge on any atom is 0.227 e. The fraction of sp³-hybridized carbons (Fsp3) is 0.900. The lowest BCUT2D eigenvalue weighted by Gasteiger charge is -2.18. The summed E-state index contributed by atoms with van der Waals surface area (Å²) in [4.78, 5) is 13.6. The number of likely N-dealkylation sites (tertiary alicyclic amines) is 1. The largest absolute Gasteiger partial charge is 0.356 e. The molecule has 76 valence electrons. The zero-order valence-electron chi connectivity index (χ0n) is 8.89. The Morgan fingerprint density at radius 1 is 1.38 bits per heavy atom. The summed E-state index contributed by atoms with van der Waals surface area (Å²) in [5, 5.41) is 2.91. The molecule has 0 aliphatic carbocycles. The zero-order valence-corrected chi connectivity index (χ0v) is 8.89. The molecule has 0 aromatic rings. The van der Waals surface area contributed by atoms with Gasteiger partial charge < -0.3 is 10.2 Å². The number of hydrogen-bond acceptors (Lipinski definition) is 2. The van der Waals surface area contributed by atoms with E-state index in [-0.39, 0.29) is 11.3 Å². The molecule has 0 aromatic heterocycles. The third kappa shape index (κ3) is 1.85. The van der Waals surface area contributed by atoms with E-state index in [2.05, 4.69) is 17.3 Å². The van der Waals surface area contributed by atoms with Gasteiger partial charge in [0.2, 0.25) is 5.91 Å². The average molecular weight is 184 g/mol. The molecule has 0 aromatic carbocycles. The zero-order chi connectivity index (χ0) is 9.90. The molecule has 2 saturated heterocycles. The molecule has 3 nitrogen and oxygen atoms in total. The summed E-state index contributed by atoms with van der Waals surface area (Å²) in [7, 11) is 2.08. The van der Waals surface area contributed by atoms with Crippen molar-refractivity contribution in [2.24, 2.45) is 5.41 Å². The van der Waals surface area contributed by atoms with Crippen molar-refractivity contribution in [2.45, 2.75) is 26.7 Å². The summed E-state index contributed by atoms with van der Waals surface area (Å²) < 4.78 is 0. The van der Waals surface area contributed by atoms with Crippen LogP contribution in [0.25, 0.3) is 0 Å². The Bertz CT molecular complexity index is 193. The van der Waals surface area contributed by atoms with Crippen molar-refractivity contribution in [3.8, 4) is 0 Å². The van der Waals surface area contributed by atoms with Crippen LogP contribution in [0.1, 0.15) is 26.7 Å². The van der Waals surface area contributed by atoms with E-state index in [1.807, 2.05) is 13.8 Å². The van der Waals surface area contributed by atoms with Crippen molar-refractivity contribution >= 4 is 5.91 Å². The first-order valence-electron chi connectivity index (χ1n) is 5.20. The van der Waals surface area contributed by atoms with Crippen LogP contribution in [0.3, 0.4) is 0 Å². The minimum atomic E-state index is -0.00521. The molecule has 0 saturated carbocycles. The van der Waals surface area contributed by atoms with Crippen LogP contribution in [0.2, 0.25) is 0 Å². The van der Waals surface area contributed by atoms with Crippen molar-refractivity contribution in [2.75, 3.05) is 26.7 Å². The number of carbonyl (C=O) groups is 1. The lowest BCUT2D eigenvalue weighted by Crippen LogP contribution is -2.33. The van der Waals surface area contributed by atoms with Crippen LogP contribution in [-0.2, 0) is 4.79 Å². The van der Waals surface area contributed by atoms with Gasteiger partial charge in [-0.25, -0.2) is 0 Å². The molecule has 1 amide bonds. The Balaban J connectivity index is 0.000000396. The van der Waals surface area contributed by atoms with E-state index in [9.17, 15) is 4.79 Å². The van der Waals surface area contributed by atoms with Crippen molar-refractivity contribution < 1.29 is 4.79 Å². The first kappa shape index (κ1) is 10.5. The number of rotatable bonds is 0. The van der Waals surface area contributed by atoms with Gasteiger partial charge in [0.25, 0.3) is 0 Å². The standard InChI is InChI=1S/C8H14N2O.C2H6/c1-10-5-3-8(6-10)2-4-9-7(8)11;1-2/h2-6H2,1H3,(H,9,11);1-2H3. The lowest BCUT2D eigenvalue weighted by molar-refractivity contribution is -0.126. The van der Waals surface area contributed by atoms with Gasteiger partial charge in [0.15, 0.2) is 0 Å². The van der Waals surface area contributed by atoms with Gasteiger partial charge in [-0.1, -0.05) is 13.8 Å². The summed E-state index contributed by atoms with van der Waals surface area (Å²) in [6, 6.07) is 0. The molecule has 13 heavy (non-hydrogen) atoms. The van der Waals surface area contributed by atoms with Crippen LogP contribution in [0.4, 0.5) is 0 Å². The minimum absolute atomic E-state index is 0.00521. The van der Waals surface area contributed by atoms with E-state index in [4.69, 9.17) is 0 Å². The Hall–Kier alpha value is -0.570. The molecule has 0 radical (unpaired) electrons. The van der Waals surface area contributed by atoms with Crippen molar-refractivity contribution in [3.05, 3.63) is 0 Å². The first-order chi connectivity index (χ1) is 6.23. The predicted molar refractivity (Wildman–Crippen MR) is 53.5 cm³/mol. The van der Waals surface area contributed by atoms with Gasteiger partial charge in [0, 0.05) is 13.1 Å². The molecule has 2 aliphatic heterocycles. The third-order valence-corrected chi connectivity index (χ3v) is 2.92. The van der Waals surface area contributed by atoms with E-state index >= 15 is 0 Å². The first-order valence-corrected chi connectivity index (χ1v) is 5.20. The van der Waals surface area contributed by atoms with Gasteiger partial charge in [-0.05, 0) is 26.4 Å². The van der Waals surface area contributed by atoms with Crippen LogP contribution in [-0.4, -0.2) is 37.5 Å². The molecule has 2 heterocycles. The van der Waals surface area contributed by atoms with E-state index in [0.717, 1.165) is 32.5 Å². The van der Waals surface area contributed by atoms with Crippen LogP contribution in [0.5, 0.6) is 0 Å². The highest BCUT2D eigenvalue weighted by atomic mass is 16.2. The predicted octanol–water partition coefficient (Wildman–Crippen LogP) is 0.854. The Morgan fingerprint density at radius 2 is 2.08 bits per heavy atom. The summed E-state index contributed by atoms with van der Waals surface area (Å²) >= 11 is 0. The fourth-order valence-corrected chi connectivity index (χ4v) is 2.19. The second-order valence-electron chi connectivity index (χ2n) is 3.77. The number of carbonyl (C=O) groups excluding carboxylic acids is 1. The maximum atomic E-state index is 11.4. The second-order valence-corrected chi connectivity index (χ2v) is 3.77. The van der Waals surface area contributed by atoms with Gasteiger partial charge in [0.05, 0.1) is 5.41 Å². The molecular weight excluding hydrogens is 164 g/mol. The molecule has 1 unspecified atom stereocenters. The minimum Gasteiger partial charge on any atom is -0.356 e. The number of amides is 1. The average Bonchev–Trinajstić information content (AvgIpc) is 2.67. The number of nitrogens with one attached hydrogen (secondary N) is 1. The lowest BCUT2D eigenvalue weighted by atomic mass is 9.86. The normalized spacial score (nSPS) is 33.0. The van der Waals surface area contributed by atoms with Crippen molar-refractivity contribution in [1.82, 2.24) is 10.2 Å². The number of nitrogens with zero attached hydrogens (tertiary/aromatic N) is 1. The molecular formula is C10H20N2O. The highest BCUT2D eigenvalue weighted by Crippen LogP contribution is 2.36. The molecule has 3 heteroatoms. The monoisotopic (exact) mass is 184 g/mol. The van der Waals surface area contributed by atoms with Crippen LogP contribution in [0.15, 0.2) is 0 Å². The molecule has 2 aliphatic rings. The molecule has 0 bridgehead atoms. The van der Waals surface area contributed by atoms with E-state index in [0.29, 0.717) is 0 Å². The molecule has 1 atom stereocenters.